The number of nitrogens with zero attached hydrogens (tertiary/aromatic N) is 3. The molecule has 2 amide bonds. The molecule has 2 rings (SSSR count). The molecular formula is C14H27N3O. The minimum Gasteiger partial charge on any atom is -0.325 e. The fourth-order valence-electron chi connectivity index (χ4n) is 3.04. The number of likely N-dealkylation sites (tertiary alicyclic amines) is 2. The molecule has 0 unspecified atom stereocenters. The molecular weight excluding hydrogens is 226 g/mol. The van der Waals surface area contributed by atoms with E-state index in [0.29, 0.717) is 6.04 Å². The molecule has 0 spiro atoms. The summed E-state index contributed by atoms with van der Waals surface area (Å²) in [5.74, 6) is 0. The summed E-state index contributed by atoms with van der Waals surface area (Å²) in [6.07, 6.45) is 7.16. The maximum Gasteiger partial charge on any atom is 0.319 e. The SMILES string of the molecule is CN(C)C1CCN(C(=O)N2CCCCCC2)CC1. The van der Waals surface area contributed by atoms with Gasteiger partial charge in [0.25, 0.3) is 0 Å². The molecule has 104 valence electrons. The van der Waals surface area contributed by atoms with Crippen molar-refractivity contribution in [1.82, 2.24) is 14.7 Å². The van der Waals surface area contributed by atoms with E-state index >= 15 is 0 Å². The molecule has 0 aromatic carbocycles. The molecule has 0 saturated carbocycles. The van der Waals surface area contributed by atoms with Gasteiger partial charge >= 0.3 is 6.03 Å². The second-order valence-corrected chi connectivity index (χ2v) is 5.87. The average molecular weight is 253 g/mol. The molecule has 2 aliphatic heterocycles. The van der Waals surface area contributed by atoms with Gasteiger partial charge in [-0.05, 0) is 39.8 Å². The lowest BCUT2D eigenvalue weighted by Gasteiger charge is -2.37. The third kappa shape index (κ3) is 3.37. The summed E-state index contributed by atoms with van der Waals surface area (Å²) in [7, 11) is 4.27. The fraction of sp³-hybridized carbons (Fsp3) is 0.929. The van der Waals surface area contributed by atoms with E-state index in [2.05, 4.69) is 28.8 Å². The third-order valence-electron chi connectivity index (χ3n) is 4.34. The quantitative estimate of drug-likeness (QED) is 0.714. The van der Waals surface area contributed by atoms with Gasteiger partial charge in [-0.15, -0.1) is 0 Å². The molecule has 0 aromatic rings. The van der Waals surface area contributed by atoms with E-state index in [9.17, 15) is 4.79 Å². The summed E-state index contributed by atoms with van der Waals surface area (Å²) in [6, 6.07) is 0.937. The standard InChI is InChI=1S/C14H27N3O/c1-15(2)13-7-11-17(12-8-13)14(18)16-9-5-3-4-6-10-16/h13H,3-12H2,1-2H3. The summed E-state index contributed by atoms with van der Waals surface area (Å²) in [4.78, 5) is 18.8. The van der Waals surface area contributed by atoms with E-state index in [0.717, 1.165) is 39.0 Å². The Bertz CT molecular complexity index is 264. The van der Waals surface area contributed by atoms with Gasteiger partial charge in [-0.3, -0.25) is 0 Å². The number of carbonyl (C=O) groups excluding carboxylic acids is 1. The van der Waals surface area contributed by atoms with E-state index in [1.54, 1.807) is 0 Å². The highest BCUT2D eigenvalue weighted by molar-refractivity contribution is 5.74. The summed E-state index contributed by atoms with van der Waals surface area (Å²) in [5.41, 5.74) is 0. The number of hydrogen-bond acceptors (Lipinski definition) is 2. The lowest BCUT2D eigenvalue weighted by molar-refractivity contribution is 0.121. The minimum absolute atomic E-state index is 0.286. The first-order valence-corrected chi connectivity index (χ1v) is 7.39. The molecule has 4 heteroatoms. The summed E-state index contributed by atoms with van der Waals surface area (Å²) in [5, 5.41) is 0. The molecule has 2 fully saturated rings. The first-order valence-electron chi connectivity index (χ1n) is 7.39. The summed E-state index contributed by atoms with van der Waals surface area (Å²) in [6.45, 7) is 3.79. The number of piperidine rings is 1. The van der Waals surface area contributed by atoms with Crippen molar-refractivity contribution in [2.24, 2.45) is 0 Å². The molecule has 4 nitrogen and oxygen atoms in total. The summed E-state index contributed by atoms with van der Waals surface area (Å²) < 4.78 is 0. The van der Waals surface area contributed by atoms with Crippen molar-refractivity contribution >= 4 is 6.03 Å². The molecule has 0 aromatic heterocycles. The Hall–Kier alpha value is -0.770. The Morgan fingerprint density at radius 1 is 0.889 bits per heavy atom. The Balaban J connectivity index is 1.82. The molecule has 18 heavy (non-hydrogen) atoms. The molecule has 0 radical (unpaired) electrons. The van der Waals surface area contributed by atoms with Gasteiger partial charge in [-0.2, -0.15) is 0 Å². The summed E-state index contributed by atoms with van der Waals surface area (Å²) >= 11 is 0. The van der Waals surface area contributed by atoms with Crippen LogP contribution in [0.1, 0.15) is 38.5 Å². The van der Waals surface area contributed by atoms with E-state index in [-0.39, 0.29) is 6.03 Å². The number of carbonyl (C=O) groups is 1. The van der Waals surface area contributed by atoms with Gasteiger partial charge in [-0.1, -0.05) is 12.8 Å². The first-order chi connectivity index (χ1) is 8.68. The van der Waals surface area contributed by atoms with Gasteiger partial charge in [0.1, 0.15) is 0 Å². The molecule has 2 heterocycles. The second kappa shape index (κ2) is 6.41. The van der Waals surface area contributed by atoms with Crippen LogP contribution in [0.25, 0.3) is 0 Å². The highest BCUT2D eigenvalue weighted by atomic mass is 16.2. The van der Waals surface area contributed by atoms with Crippen LogP contribution in [0.5, 0.6) is 0 Å². The van der Waals surface area contributed by atoms with Crippen LogP contribution in [-0.4, -0.2) is 67.0 Å². The Morgan fingerprint density at radius 2 is 1.39 bits per heavy atom. The van der Waals surface area contributed by atoms with E-state index in [1.807, 2.05) is 0 Å². The van der Waals surface area contributed by atoms with Crippen molar-refractivity contribution in [3.05, 3.63) is 0 Å². The smallest absolute Gasteiger partial charge is 0.319 e. The monoisotopic (exact) mass is 253 g/mol. The topological polar surface area (TPSA) is 26.8 Å². The van der Waals surface area contributed by atoms with Crippen LogP contribution in [0, 0.1) is 0 Å². The normalized spacial score (nSPS) is 23.3. The van der Waals surface area contributed by atoms with Gasteiger partial charge in [0.15, 0.2) is 0 Å². The lowest BCUT2D eigenvalue weighted by Crippen LogP contribution is -2.49. The van der Waals surface area contributed by atoms with Crippen LogP contribution in [0.15, 0.2) is 0 Å². The lowest BCUT2D eigenvalue weighted by atomic mass is 10.0. The van der Waals surface area contributed by atoms with Crippen LogP contribution >= 0.6 is 0 Å². The van der Waals surface area contributed by atoms with Crippen molar-refractivity contribution in [2.75, 3.05) is 40.3 Å². The predicted molar refractivity (Wildman–Crippen MR) is 73.7 cm³/mol. The number of hydrogen-bond donors (Lipinski definition) is 0. The largest absolute Gasteiger partial charge is 0.325 e. The van der Waals surface area contributed by atoms with Crippen molar-refractivity contribution in [2.45, 2.75) is 44.6 Å². The van der Waals surface area contributed by atoms with Gasteiger partial charge in [0, 0.05) is 32.2 Å². The van der Waals surface area contributed by atoms with Gasteiger partial charge in [0.05, 0.1) is 0 Å². The maximum absolute atomic E-state index is 12.4. The van der Waals surface area contributed by atoms with Crippen molar-refractivity contribution in [3.63, 3.8) is 0 Å². The molecule has 2 saturated heterocycles. The first kappa shape index (κ1) is 13.7. The van der Waals surface area contributed by atoms with Crippen molar-refractivity contribution in [3.8, 4) is 0 Å². The van der Waals surface area contributed by atoms with E-state index < -0.39 is 0 Å². The Kier molecular flexibility index (Phi) is 4.87. The Labute approximate surface area is 111 Å². The molecule has 0 atom stereocenters. The zero-order chi connectivity index (χ0) is 13.0. The number of amides is 2. The fourth-order valence-corrected chi connectivity index (χ4v) is 3.04. The van der Waals surface area contributed by atoms with Gasteiger partial charge < -0.3 is 14.7 Å². The zero-order valence-corrected chi connectivity index (χ0v) is 11.9. The molecule has 0 bridgehead atoms. The second-order valence-electron chi connectivity index (χ2n) is 5.87. The third-order valence-corrected chi connectivity index (χ3v) is 4.34. The number of urea groups is 1. The molecule has 0 aliphatic carbocycles. The molecule has 0 N–H and O–H groups in total. The predicted octanol–water partition coefficient (Wildman–Crippen LogP) is 2.01. The van der Waals surface area contributed by atoms with Crippen LogP contribution in [0.4, 0.5) is 4.79 Å². The van der Waals surface area contributed by atoms with Crippen molar-refractivity contribution < 1.29 is 4.79 Å². The Morgan fingerprint density at radius 3 is 1.89 bits per heavy atom. The highest BCUT2D eigenvalue weighted by Crippen LogP contribution is 2.17. The van der Waals surface area contributed by atoms with Crippen LogP contribution < -0.4 is 0 Å². The maximum atomic E-state index is 12.4. The zero-order valence-electron chi connectivity index (χ0n) is 11.9. The van der Waals surface area contributed by atoms with Crippen LogP contribution in [0.3, 0.4) is 0 Å². The van der Waals surface area contributed by atoms with Gasteiger partial charge in [0.2, 0.25) is 0 Å². The molecule has 2 aliphatic rings. The van der Waals surface area contributed by atoms with Crippen molar-refractivity contribution in [1.29, 1.82) is 0 Å². The van der Waals surface area contributed by atoms with Crippen LogP contribution in [0.2, 0.25) is 0 Å². The van der Waals surface area contributed by atoms with E-state index in [1.165, 1.54) is 25.7 Å². The number of rotatable bonds is 1. The minimum atomic E-state index is 0.286. The van der Waals surface area contributed by atoms with Crippen LogP contribution in [-0.2, 0) is 0 Å². The van der Waals surface area contributed by atoms with E-state index in [4.69, 9.17) is 0 Å². The highest BCUT2D eigenvalue weighted by Gasteiger charge is 2.27. The van der Waals surface area contributed by atoms with Gasteiger partial charge in [-0.25, -0.2) is 4.79 Å². The average Bonchev–Trinajstić information content (AvgIpc) is 2.67.